The number of hydrogen-bond donors (Lipinski definition) is 1. The Balaban J connectivity index is 1.81. The first-order valence-corrected chi connectivity index (χ1v) is 9.44. The number of carbonyl (C=O) groups excluding carboxylic acids is 1. The van der Waals surface area contributed by atoms with Crippen molar-refractivity contribution in [2.45, 2.75) is 12.6 Å². The average Bonchev–Trinajstić information content (AvgIpc) is 3.16. The van der Waals surface area contributed by atoms with Crippen LogP contribution in [0.3, 0.4) is 0 Å². The van der Waals surface area contributed by atoms with Crippen LogP contribution in [0.15, 0.2) is 42.6 Å². The van der Waals surface area contributed by atoms with Gasteiger partial charge in [0.1, 0.15) is 17.8 Å². The van der Waals surface area contributed by atoms with Gasteiger partial charge < -0.3 is 10.2 Å². The predicted molar refractivity (Wildman–Crippen MR) is 106 cm³/mol. The zero-order valence-electron chi connectivity index (χ0n) is 15.4. The Bertz CT molecular complexity index is 1100. The minimum Gasteiger partial charge on any atom is -0.352 e. The van der Waals surface area contributed by atoms with Crippen LogP contribution in [0.1, 0.15) is 16.9 Å². The number of halogens is 4. The summed E-state index contributed by atoms with van der Waals surface area (Å²) in [4.78, 5) is 18.7. The Hall–Kier alpha value is -3.20. The zero-order valence-corrected chi connectivity index (χ0v) is 16.2. The molecule has 0 aliphatic carbocycles. The number of anilines is 2. The van der Waals surface area contributed by atoms with Crippen molar-refractivity contribution in [3.8, 4) is 11.1 Å². The summed E-state index contributed by atoms with van der Waals surface area (Å²) >= 11 is 5.70. The molecule has 1 aliphatic rings. The Labute approximate surface area is 174 Å². The third-order valence-corrected chi connectivity index (χ3v) is 4.88. The Morgan fingerprint density at radius 1 is 1.13 bits per heavy atom. The van der Waals surface area contributed by atoms with Crippen LogP contribution < -0.4 is 10.2 Å². The van der Waals surface area contributed by atoms with Gasteiger partial charge in [-0.25, -0.2) is 18.2 Å². The molecule has 1 aromatic carbocycles. The van der Waals surface area contributed by atoms with E-state index in [-0.39, 0.29) is 40.0 Å². The van der Waals surface area contributed by atoms with Crippen LogP contribution in [-0.4, -0.2) is 40.3 Å². The summed E-state index contributed by atoms with van der Waals surface area (Å²) in [6.07, 6.45) is 0.654. The maximum absolute atomic E-state index is 14.5. The molecular formula is C20H15ClF3N5O. The topological polar surface area (TPSA) is 71.0 Å². The van der Waals surface area contributed by atoms with E-state index in [2.05, 4.69) is 20.5 Å². The van der Waals surface area contributed by atoms with E-state index in [0.29, 0.717) is 13.0 Å². The van der Waals surface area contributed by atoms with Crippen molar-refractivity contribution in [2.24, 2.45) is 0 Å². The molecule has 3 heterocycles. The second kappa shape index (κ2) is 8.27. The van der Waals surface area contributed by atoms with Gasteiger partial charge in [0.25, 0.3) is 5.91 Å². The van der Waals surface area contributed by atoms with Crippen LogP contribution in [0, 0.1) is 11.6 Å². The van der Waals surface area contributed by atoms with Gasteiger partial charge in [0.05, 0.1) is 12.2 Å². The summed E-state index contributed by atoms with van der Waals surface area (Å²) in [5, 5.41) is 10.1. The standard InChI is InChI=1S/C20H15ClF3N5O/c21-17-4-3-16(27-28-17)20(30)26-18-13(14-9-11(22)1-2-15(14)24)5-7-25-19(18)29-8-6-12(23)10-29/h1-5,7,9,12H,6,8,10H2,(H,26,30). The van der Waals surface area contributed by atoms with Crippen molar-refractivity contribution in [2.75, 3.05) is 23.3 Å². The number of rotatable bonds is 4. The van der Waals surface area contributed by atoms with E-state index in [0.717, 1.165) is 18.2 Å². The van der Waals surface area contributed by atoms with Crippen molar-refractivity contribution in [1.29, 1.82) is 0 Å². The average molecular weight is 434 g/mol. The maximum atomic E-state index is 14.5. The SMILES string of the molecule is O=C(Nc1c(-c2cc(F)ccc2F)ccnc1N1CCC(F)C1)c1ccc(Cl)nn1. The Kier molecular flexibility index (Phi) is 5.54. The number of carbonyl (C=O) groups is 1. The van der Waals surface area contributed by atoms with Gasteiger partial charge in [0, 0.05) is 23.9 Å². The lowest BCUT2D eigenvalue weighted by atomic mass is 10.0. The molecule has 30 heavy (non-hydrogen) atoms. The van der Waals surface area contributed by atoms with Crippen LogP contribution in [0.25, 0.3) is 11.1 Å². The van der Waals surface area contributed by atoms with Gasteiger partial charge >= 0.3 is 0 Å². The molecule has 0 bridgehead atoms. The molecule has 10 heteroatoms. The second-order valence-electron chi connectivity index (χ2n) is 6.71. The van der Waals surface area contributed by atoms with E-state index in [1.165, 1.54) is 24.4 Å². The van der Waals surface area contributed by atoms with E-state index in [4.69, 9.17) is 11.6 Å². The summed E-state index contributed by atoms with van der Waals surface area (Å²) in [6.45, 7) is 0.443. The van der Waals surface area contributed by atoms with E-state index >= 15 is 0 Å². The van der Waals surface area contributed by atoms with Crippen molar-refractivity contribution in [3.05, 3.63) is 65.1 Å². The molecular weight excluding hydrogens is 419 g/mol. The lowest BCUT2D eigenvalue weighted by Crippen LogP contribution is -2.24. The molecule has 6 nitrogen and oxygen atoms in total. The van der Waals surface area contributed by atoms with Crippen molar-refractivity contribution < 1.29 is 18.0 Å². The van der Waals surface area contributed by atoms with Gasteiger partial charge in [0.2, 0.25) is 0 Å². The third-order valence-electron chi connectivity index (χ3n) is 4.68. The first-order chi connectivity index (χ1) is 14.4. The summed E-state index contributed by atoms with van der Waals surface area (Å²) in [7, 11) is 0. The molecule has 1 amide bonds. The molecule has 1 fully saturated rings. The summed E-state index contributed by atoms with van der Waals surface area (Å²) in [5.41, 5.74) is 0.226. The van der Waals surface area contributed by atoms with Gasteiger partial charge in [-0.05, 0) is 42.8 Å². The highest BCUT2D eigenvalue weighted by molar-refractivity contribution is 6.29. The van der Waals surface area contributed by atoms with Crippen molar-refractivity contribution in [3.63, 3.8) is 0 Å². The molecule has 4 rings (SSSR count). The number of amides is 1. The molecule has 3 aromatic rings. The Morgan fingerprint density at radius 2 is 1.97 bits per heavy atom. The summed E-state index contributed by atoms with van der Waals surface area (Å²) in [5.74, 6) is -1.72. The monoisotopic (exact) mass is 433 g/mol. The van der Waals surface area contributed by atoms with E-state index < -0.39 is 23.7 Å². The minimum atomic E-state index is -1.05. The smallest absolute Gasteiger partial charge is 0.276 e. The predicted octanol–water partition coefficient (Wildman–Crippen LogP) is 4.27. The van der Waals surface area contributed by atoms with Crippen molar-refractivity contribution in [1.82, 2.24) is 15.2 Å². The van der Waals surface area contributed by atoms with Gasteiger partial charge in [-0.3, -0.25) is 4.79 Å². The molecule has 2 aromatic heterocycles. The zero-order chi connectivity index (χ0) is 21.3. The van der Waals surface area contributed by atoms with Crippen LogP contribution in [0.4, 0.5) is 24.7 Å². The molecule has 0 saturated carbocycles. The molecule has 0 spiro atoms. The fraction of sp³-hybridized carbons (Fsp3) is 0.200. The number of pyridine rings is 1. The number of nitrogens with zero attached hydrogens (tertiary/aromatic N) is 4. The third kappa shape index (κ3) is 4.06. The van der Waals surface area contributed by atoms with Gasteiger partial charge in [0.15, 0.2) is 16.7 Å². The van der Waals surface area contributed by atoms with E-state index in [1.807, 2.05) is 0 Å². The minimum absolute atomic E-state index is 0.0374. The number of benzene rings is 1. The van der Waals surface area contributed by atoms with Gasteiger partial charge in [-0.15, -0.1) is 10.2 Å². The van der Waals surface area contributed by atoms with Crippen LogP contribution in [-0.2, 0) is 0 Å². The molecule has 1 aliphatic heterocycles. The van der Waals surface area contributed by atoms with Crippen molar-refractivity contribution >= 4 is 29.0 Å². The fourth-order valence-corrected chi connectivity index (χ4v) is 3.37. The first kappa shape index (κ1) is 20.1. The first-order valence-electron chi connectivity index (χ1n) is 9.06. The maximum Gasteiger partial charge on any atom is 0.276 e. The second-order valence-corrected chi connectivity index (χ2v) is 7.10. The number of alkyl halides is 1. The Morgan fingerprint density at radius 3 is 2.67 bits per heavy atom. The number of hydrogen-bond acceptors (Lipinski definition) is 5. The molecule has 1 N–H and O–H groups in total. The summed E-state index contributed by atoms with van der Waals surface area (Å²) in [6, 6.07) is 7.23. The highest BCUT2D eigenvalue weighted by Crippen LogP contribution is 2.38. The molecule has 1 unspecified atom stereocenters. The lowest BCUT2D eigenvalue weighted by molar-refractivity contribution is 0.102. The number of nitrogens with one attached hydrogen (secondary N) is 1. The molecule has 154 valence electrons. The quantitative estimate of drug-likeness (QED) is 0.665. The highest BCUT2D eigenvalue weighted by Gasteiger charge is 2.28. The van der Waals surface area contributed by atoms with Crippen LogP contribution >= 0.6 is 11.6 Å². The fourth-order valence-electron chi connectivity index (χ4n) is 3.27. The molecule has 1 saturated heterocycles. The molecule has 0 radical (unpaired) electrons. The summed E-state index contributed by atoms with van der Waals surface area (Å²) < 4.78 is 42.1. The van der Waals surface area contributed by atoms with E-state index in [1.54, 1.807) is 4.90 Å². The van der Waals surface area contributed by atoms with Crippen LogP contribution in [0.5, 0.6) is 0 Å². The highest BCUT2D eigenvalue weighted by atomic mass is 35.5. The van der Waals surface area contributed by atoms with Crippen LogP contribution in [0.2, 0.25) is 5.15 Å². The number of aromatic nitrogens is 3. The normalized spacial score (nSPS) is 16.0. The van der Waals surface area contributed by atoms with Gasteiger partial charge in [-0.1, -0.05) is 11.6 Å². The van der Waals surface area contributed by atoms with E-state index in [9.17, 15) is 18.0 Å². The largest absolute Gasteiger partial charge is 0.352 e. The lowest BCUT2D eigenvalue weighted by Gasteiger charge is -2.22. The van der Waals surface area contributed by atoms with Gasteiger partial charge in [-0.2, -0.15) is 0 Å². The molecule has 1 atom stereocenters.